The minimum atomic E-state index is -3.26. The molecule has 2 rings (SSSR count). The van der Waals surface area contributed by atoms with Crippen molar-refractivity contribution in [3.05, 3.63) is 59.7 Å². The molecule has 1 amide bonds. The van der Waals surface area contributed by atoms with Crippen LogP contribution in [0.15, 0.2) is 53.4 Å². The molecular weight excluding hydrogens is 288 g/mol. The topological polar surface area (TPSA) is 89.3 Å². The van der Waals surface area contributed by atoms with Gasteiger partial charge in [-0.2, -0.15) is 0 Å². The van der Waals surface area contributed by atoms with E-state index in [1.165, 1.54) is 24.3 Å². The van der Waals surface area contributed by atoms with Crippen LogP contribution in [0.4, 0.5) is 5.69 Å². The summed E-state index contributed by atoms with van der Waals surface area (Å²) in [4.78, 5) is 12.2. The van der Waals surface area contributed by atoms with Gasteiger partial charge in [-0.25, -0.2) is 8.42 Å². The van der Waals surface area contributed by atoms with Gasteiger partial charge in [0, 0.05) is 24.1 Å². The number of amides is 1. The lowest BCUT2D eigenvalue weighted by molar-refractivity contribution is 0.102. The molecule has 0 aliphatic rings. The Labute approximate surface area is 123 Å². The van der Waals surface area contributed by atoms with E-state index in [-0.39, 0.29) is 10.8 Å². The first-order chi connectivity index (χ1) is 9.90. The molecule has 0 aliphatic heterocycles. The lowest BCUT2D eigenvalue weighted by atomic mass is 10.2. The molecule has 0 aliphatic carbocycles. The van der Waals surface area contributed by atoms with E-state index in [0.717, 1.165) is 11.8 Å². The average Bonchev–Trinajstić information content (AvgIpc) is 2.47. The van der Waals surface area contributed by atoms with Crippen LogP contribution in [0.3, 0.4) is 0 Å². The second kappa shape index (κ2) is 6.07. The van der Waals surface area contributed by atoms with E-state index in [0.29, 0.717) is 17.8 Å². The Kier molecular flexibility index (Phi) is 4.40. The molecule has 110 valence electrons. The first-order valence-corrected chi connectivity index (χ1v) is 8.20. The number of anilines is 1. The maximum absolute atomic E-state index is 12.0. The maximum atomic E-state index is 12.0. The number of nitrogens with one attached hydrogen (secondary N) is 1. The number of rotatable bonds is 4. The lowest BCUT2D eigenvalue weighted by Gasteiger charge is -2.06. The third-order valence-corrected chi connectivity index (χ3v) is 4.12. The van der Waals surface area contributed by atoms with Gasteiger partial charge in [0.05, 0.1) is 4.90 Å². The van der Waals surface area contributed by atoms with Gasteiger partial charge in [0.25, 0.3) is 5.91 Å². The molecule has 3 N–H and O–H groups in total. The molecule has 5 nitrogen and oxygen atoms in total. The number of sulfone groups is 1. The van der Waals surface area contributed by atoms with Gasteiger partial charge in [0.1, 0.15) is 0 Å². The summed E-state index contributed by atoms with van der Waals surface area (Å²) in [5.41, 5.74) is 7.53. The van der Waals surface area contributed by atoms with Crippen LogP contribution < -0.4 is 11.1 Å². The Balaban J connectivity index is 2.12. The predicted octanol–water partition coefficient (Wildman–Crippen LogP) is 1.80. The van der Waals surface area contributed by atoms with E-state index in [2.05, 4.69) is 5.32 Å². The van der Waals surface area contributed by atoms with E-state index < -0.39 is 9.84 Å². The summed E-state index contributed by atoms with van der Waals surface area (Å²) in [6.45, 7) is 0.446. The molecular formula is C15H16N2O3S. The van der Waals surface area contributed by atoms with Gasteiger partial charge >= 0.3 is 0 Å². The van der Waals surface area contributed by atoms with E-state index >= 15 is 0 Å². The molecule has 0 unspecified atom stereocenters. The van der Waals surface area contributed by atoms with Crippen LogP contribution in [-0.4, -0.2) is 20.6 Å². The van der Waals surface area contributed by atoms with Crippen LogP contribution in [-0.2, 0) is 16.4 Å². The van der Waals surface area contributed by atoms with Crippen molar-refractivity contribution >= 4 is 21.4 Å². The van der Waals surface area contributed by atoms with Crippen LogP contribution in [0.5, 0.6) is 0 Å². The molecule has 0 saturated carbocycles. The zero-order valence-corrected chi connectivity index (χ0v) is 12.4. The number of benzene rings is 2. The van der Waals surface area contributed by atoms with E-state index in [4.69, 9.17) is 5.73 Å². The molecule has 2 aromatic carbocycles. The first kappa shape index (κ1) is 15.2. The van der Waals surface area contributed by atoms with Crippen molar-refractivity contribution in [1.29, 1.82) is 0 Å². The van der Waals surface area contributed by atoms with Crippen molar-refractivity contribution in [2.24, 2.45) is 5.73 Å². The smallest absolute Gasteiger partial charge is 0.255 e. The minimum Gasteiger partial charge on any atom is -0.326 e. The molecule has 0 saturated heterocycles. The van der Waals surface area contributed by atoms with Gasteiger partial charge in [-0.15, -0.1) is 0 Å². The highest BCUT2D eigenvalue weighted by Gasteiger charge is 2.10. The van der Waals surface area contributed by atoms with Crippen LogP contribution in [0.25, 0.3) is 0 Å². The average molecular weight is 304 g/mol. The van der Waals surface area contributed by atoms with Crippen LogP contribution >= 0.6 is 0 Å². The summed E-state index contributed by atoms with van der Waals surface area (Å²) in [6.07, 6.45) is 1.13. The number of hydrogen-bond donors (Lipinski definition) is 2. The molecule has 0 radical (unpaired) electrons. The summed E-state index contributed by atoms with van der Waals surface area (Å²) in [6, 6.07) is 13.0. The Bertz CT molecular complexity index is 735. The molecule has 0 heterocycles. The molecule has 0 fully saturated rings. The highest BCUT2D eigenvalue weighted by molar-refractivity contribution is 7.90. The number of carbonyl (C=O) groups is 1. The maximum Gasteiger partial charge on any atom is 0.255 e. The highest BCUT2D eigenvalue weighted by atomic mass is 32.2. The molecule has 21 heavy (non-hydrogen) atoms. The Morgan fingerprint density at radius 2 is 1.62 bits per heavy atom. The van der Waals surface area contributed by atoms with Crippen molar-refractivity contribution in [2.75, 3.05) is 11.6 Å². The van der Waals surface area contributed by atoms with Gasteiger partial charge in [-0.1, -0.05) is 12.1 Å². The second-order valence-electron chi connectivity index (χ2n) is 4.65. The van der Waals surface area contributed by atoms with Crippen molar-refractivity contribution < 1.29 is 13.2 Å². The summed E-state index contributed by atoms with van der Waals surface area (Å²) in [5, 5.41) is 2.74. The predicted molar refractivity (Wildman–Crippen MR) is 81.8 cm³/mol. The van der Waals surface area contributed by atoms with Gasteiger partial charge in [0.15, 0.2) is 9.84 Å². The molecule has 0 bridgehead atoms. The molecule has 6 heteroatoms. The molecule has 0 atom stereocenters. The normalized spacial score (nSPS) is 11.1. The fourth-order valence-electron chi connectivity index (χ4n) is 1.78. The zero-order chi connectivity index (χ0) is 15.5. The van der Waals surface area contributed by atoms with Crippen LogP contribution in [0, 0.1) is 0 Å². The van der Waals surface area contributed by atoms with E-state index in [9.17, 15) is 13.2 Å². The fourth-order valence-corrected chi connectivity index (χ4v) is 2.41. The third kappa shape index (κ3) is 3.90. The third-order valence-electron chi connectivity index (χ3n) is 2.99. The zero-order valence-electron chi connectivity index (χ0n) is 11.5. The summed E-state index contributed by atoms with van der Waals surface area (Å²) in [7, 11) is -3.26. The van der Waals surface area contributed by atoms with Crippen molar-refractivity contribution in [1.82, 2.24) is 0 Å². The van der Waals surface area contributed by atoms with Crippen molar-refractivity contribution in [2.45, 2.75) is 11.4 Å². The summed E-state index contributed by atoms with van der Waals surface area (Å²) >= 11 is 0. The summed E-state index contributed by atoms with van der Waals surface area (Å²) in [5.74, 6) is -0.296. The summed E-state index contributed by atoms with van der Waals surface area (Å²) < 4.78 is 22.7. The molecule has 0 aromatic heterocycles. The standard InChI is InChI=1S/C15H16N2O3S/c1-21(19,20)14-8-4-12(5-9-14)15(18)17-13-6-2-11(10-16)3-7-13/h2-9H,10,16H2,1H3,(H,17,18). The largest absolute Gasteiger partial charge is 0.326 e. The Morgan fingerprint density at radius 3 is 2.10 bits per heavy atom. The van der Waals surface area contributed by atoms with E-state index in [1.807, 2.05) is 12.1 Å². The van der Waals surface area contributed by atoms with Crippen LogP contribution in [0.2, 0.25) is 0 Å². The van der Waals surface area contributed by atoms with Crippen LogP contribution in [0.1, 0.15) is 15.9 Å². The fraction of sp³-hybridized carbons (Fsp3) is 0.133. The highest BCUT2D eigenvalue weighted by Crippen LogP contribution is 2.13. The monoisotopic (exact) mass is 304 g/mol. The Hall–Kier alpha value is -2.18. The quantitative estimate of drug-likeness (QED) is 0.901. The lowest BCUT2D eigenvalue weighted by Crippen LogP contribution is -2.12. The number of carbonyl (C=O) groups excluding carboxylic acids is 1. The molecule has 2 aromatic rings. The van der Waals surface area contributed by atoms with Gasteiger partial charge < -0.3 is 11.1 Å². The second-order valence-corrected chi connectivity index (χ2v) is 6.67. The Morgan fingerprint density at radius 1 is 1.05 bits per heavy atom. The van der Waals surface area contributed by atoms with Gasteiger partial charge in [-0.3, -0.25) is 4.79 Å². The number of hydrogen-bond acceptors (Lipinski definition) is 4. The number of nitrogens with two attached hydrogens (primary N) is 1. The van der Waals surface area contributed by atoms with Crippen molar-refractivity contribution in [3.63, 3.8) is 0 Å². The van der Waals surface area contributed by atoms with Gasteiger partial charge in [0.2, 0.25) is 0 Å². The van der Waals surface area contributed by atoms with Gasteiger partial charge in [-0.05, 0) is 42.0 Å². The minimum absolute atomic E-state index is 0.186. The van der Waals surface area contributed by atoms with E-state index in [1.54, 1.807) is 12.1 Å². The molecule has 0 spiro atoms. The first-order valence-electron chi connectivity index (χ1n) is 6.30. The van der Waals surface area contributed by atoms with Crippen molar-refractivity contribution in [3.8, 4) is 0 Å². The SMILES string of the molecule is CS(=O)(=O)c1ccc(C(=O)Nc2ccc(CN)cc2)cc1.